The summed E-state index contributed by atoms with van der Waals surface area (Å²) in [5, 5.41) is 4.17. The number of fused-ring (bicyclic) bond motifs is 1. The number of halogens is 1. The maximum absolute atomic E-state index is 13.4. The molecule has 0 fully saturated rings. The second kappa shape index (κ2) is 5.01. The van der Waals surface area contributed by atoms with Crippen LogP contribution >= 0.6 is 0 Å². The molecular weight excluding hydrogens is 287 g/mol. The number of aryl methyl sites for hydroxylation is 2. The third-order valence-electron chi connectivity index (χ3n) is 3.71. The van der Waals surface area contributed by atoms with Gasteiger partial charge in [0.05, 0.1) is 17.9 Å². The van der Waals surface area contributed by atoms with Crippen LogP contribution in [0.25, 0.3) is 0 Å². The number of hydrogen-bond donors (Lipinski definition) is 1. The molecule has 0 saturated heterocycles. The predicted octanol–water partition coefficient (Wildman–Crippen LogP) is 1.88. The Morgan fingerprint density at radius 1 is 1.50 bits per heavy atom. The smallest absolute Gasteiger partial charge is 0.264 e. The van der Waals surface area contributed by atoms with E-state index in [4.69, 9.17) is 10.5 Å². The molecule has 1 aromatic carbocycles. The number of nitrogens with two attached hydrogens (primary N) is 1. The molecule has 0 spiro atoms. The number of carbonyl (C=O) groups excluding carboxylic acids is 1. The topological polar surface area (TPSA) is 73.4 Å². The summed E-state index contributed by atoms with van der Waals surface area (Å²) in [6.07, 6.45) is -0.239. The van der Waals surface area contributed by atoms with Gasteiger partial charge in [0.2, 0.25) is 0 Å². The van der Waals surface area contributed by atoms with Crippen molar-refractivity contribution in [1.82, 2.24) is 9.78 Å². The molecule has 116 valence electrons. The summed E-state index contributed by atoms with van der Waals surface area (Å²) < 4.78 is 20.5. The number of hydrogen-bond acceptors (Lipinski definition) is 4. The lowest BCUT2D eigenvalue weighted by molar-refractivity contribution is 0.0961. The van der Waals surface area contributed by atoms with Gasteiger partial charge in [-0.25, -0.2) is 4.39 Å². The molecule has 6 nitrogen and oxygen atoms in total. The van der Waals surface area contributed by atoms with E-state index in [1.54, 1.807) is 18.9 Å². The van der Waals surface area contributed by atoms with E-state index < -0.39 is 5.82 Å². The first-order valence-corrected chi connectivity index (χ1v) is 6.95. The Bertz CT molecular complexity index is 756. The standard InChI is InChI=1S/C15H17FN4O2/c1-8-7-20(11-5-4-10(16)6-12(11)22-8)15(21)13-9(2)18-19(3)14(13)17/h4-6,8H,7,17H2,1-3H3. The summed E-state index contributed by atoms with van der Waals surface area (Å²) in [7, 11) is 1.68. The van der Waals surface area contributed by atoms with Crippen LogP contribution < -0.4 is 15.4 Å². The van der Waals surface area contributed by atoms with Gasteiger partial charge in [-0.05, 0) is 26.0 Å². The summed E-state index contributed by atoms with van der Waals surface area (Å²) in [4.78, 5) is 14.5. The molecule has 1 amide bonds. The zero-order valence-corrected chi connectivity index (χ0v) is 12.6. The number of anilines is 2. The third kappa shape index (κ3) is 2.18. The number of rotatable bonds is 1. The van der Waals surface area contributed by atoms with E-state index in [9.17, 15) is 9.18 Å². The average Bonchev–Trinajstić information content (AvgIpc) is 2.70. The summed E-state index contributed by atoms with van der Waals surface area (Å²) in [5.41, 5.74) is 7.42. The summed E-state index contributed by atoms with van der Waals surface area (Å²) in [6, 6.07) is 4.12. The van der Waals surface area contributed by atoms with Crippen molar-refractivity contribution in [3.05, 3.63) is 35.3 Å². The number of amides is 1. The van der Waals surface area contributed by atoms with E-state index in [0.29, 0.717) is 35.1 Å². The number of benzene rings is 1. The molecular formula is C15H17FN4O2. The minimum Gasteiger partial charge on any atom is -0.487 e. The molecule has 0 radical (unpaired) electrons. The van der Waals surface area contributed by atoms with Crippen molar-refractivity contribution < 1.29 is 13.9 Å². The highest BCUT2D eigenvalue weighted by Crippen LogP contribution is 2.35. The number of ether oxygens (including phenoxy) is 1. The highest BCUT2D eigenvalue weighted by molar-refractivity contribution is 6.10. The normalized spacial score (nSPS) is 17.1. The van der Waals surface area contributed by atoms with Gasteiger partial charge in [0, 0.05) is 13.1 Å². The molecule has 3 rings (SSSR count). The molecule has 22 heavy (non-hydrogen) atoms. The largest absolute Gasteiger partial charge is 0.487 e. The van der Waals surface area contributed by atoms with Gasteiger partial charge < -0.3 is 15.4 Å². The van der Waals surface area contributed by atoms with Crippen molar-refractivity contribution in [2.75, 3.05) is 17.2 Å². The van der Waals surface area contributed by atoms with Crippen LogP contribution in [-0.2, 0) is 7.05 Å². The van der Waals surface area contributed by atoms with Crippen LogP contribution in [0.4, 0.5) is 15.9 Å². The first-order chi connectivity index (χ1) is 10.4. The van der Waals surface area contributed by atoms with Crippen LogP contribution in [-0.4, -0.2) is 28.3 Å². The van der Waals surface area contributed by atoms with Crippen LogP contribution in [0, 0.1) is 12.7 Å². The average molecular weight is 304 g/mol. The van der Waals surface area contributed by atoms with Crippen LogP contribution in [0.1, 0.15) is 23.0 Å². The molecule has 1 aliphatic rings. The number of nitrogen functional groups attached to an aromatic ring is 1. The van der Waals surface area contributed by atoms with Crippen LogP contribution in [0.2, 0.25) is 0 Å². The molecule has 2 aromatic rings. The lowest BCUT2D eigenvalue weighted by Crippen LogP contribution is -2.42. The molecule has 2 heterocycles. The van der Waals surface area contributed by atoms with E-state index in [2.05, 4.69) is 5.10 Å². The van der Waals surface area contributed by atoms with E-state index in [1.807, 2.05) is 6.92 Å². The summed E-state index contributed by atoms with van der Waals surface area (Å²) in [6.45, 7) is 3.93. The maximum Gasteiger partial charge on any atom is 0.264 e. The van der Waals surface area contributed by atoms with Crippen molar-refractivity contribution in [2.24, 2.45) is 7.05 Å². The minimum absolute atomic E-state index is 0.239. The van der Waals surface area contributed by atoms with Gasteiger partial charge in [-0.3, -0.25) is 9.48 Å². The zero-order chi connectivity index (χ0) is 16.0. The Labute approximate surface area is 127 Å². The Hall–Kier alpha value is -2.57. The van der Waals surface area contributed by atoms with Gasteiger partial charge in [0.25, 0.3) is 5.91 Å². The van der Waals surface area contributed by atoms with Crippen molar-refractivity contribution in [2.45, 2.75) is 20.0 Å². The van der Waals surface area contributed by atoms with Crippen molar-refractivity contribution in [1.29, 1.82) is 0 Å². The quantitative estimate of drug-likeness (QED) is 0.873. The third-order valence-corrected chi connectivity index (χ3v) is 3.71. The Balaban J connectivity index is 2.07. The molecule has 7 heteroatoms. The molecule has 0 saturated carbocycles. The molecule has 1 aromatic heterocycles. The lowest BCUT2D eigenvalue weighted by Gasteiger charge is -2.33. The fraction of sp³-hybridized carbons (Fsp3) is 0.333. The summed E-state index contributed by atoms with van der Waals surface area (Å²) in [5.74, 6) is 0.000880. The van der Waals surface area contributed by atoms with Gasteiger partial charge in [0.1, 0.15) is 29.1 Å². The van der Waals surface area contributed by atoms with Crippen LogP contribution in [0.3, 0.4) is 0 Å². The fourth-order valence-corrected chi connectivity index (χ4v) is 2.68. The number of nitrogens with zero attached hydrogens (tertiary/aromatic N) is 3. The first-order valence-electron chi connectivity index (χ1n) is 6.95. The number of aromatic nitrogens is 2. The fourth-order valence-electron chi connectivity index (χ4n) is 2.68. The predicted molar refractivity (Wildman–Crippen MR) is 80.5 cm³/mol. The summed E-state index contributed by atoms with van der Waals surface area (Å²) >= 11 is 0. The highest BCUT2D eigenvalue weighted by atomic mass is 19.1. The van der Waals surface area contributed by atoms with Crippen molar-refractivity contribution in [3.8, 4) is 5.75 Å². The minimum atomic E-state index is -0.405. The SMILES string of the molecule is Cc1nn(C)c(N)c1C(=O)N1CC(C)Oc2cc(F)ccc21. The monoisotopic (exact) mass is 304 g/mol. The second-order valence-corrected chi connectivity index (χ2v) is 5.43. The second-order valence-electron chi connectivity index (χ2n) is 5.43. The Morgan fingerprint density at radius 3 is 2.86 bits per heavy atom. The van der Waals surface area contributed by atoms with E-state index in [0.717, 1.165) is 0 Å². The van der Waals surface area contributed by atoms with Gasteiger partial charge in [-0.2, -0.15) is 5.10 Å². The van der Waals surface area contributed by atoms with Crippen molar-refractivity contribution >= 4 is 17.4 Å². The maximum atomic E-state index is 13.4. The first kappa shape index (κ1) is 14.4. The van der Waals surface area contributed by atoms with Gasteiger partial charge >= 0.3 is 0 Å². The highest BCUT2D eigenvalue weighted by Gasteiger charge is 2.31. The van der Waals surface area contributed by atoms with Gasteiger partial charge in [0.15, 0.2) is 0 Å². The van der Waals surface area contributed by atoms with E-state index in [1.165, 1.54) is 22.9 Å². The van der Waals surface area contributed by atoms with E-state index in [-0.39, 0.29) is 12.0 Å². The molecule has 1 atom stereocenters. The molecule has 2 N–H and O–H groups in total. The Morgan fingerprint density at radius 2 is 2.23 bits per heavy atom. The van der Waals surface area contributed by atoms with Gasteiger partial charge in [-0.15, -0.1) is 0 Å². The van der Waals surface area contributed by atoms with Gasteiger partial charge in [-0.1, -0.05) is 0 Å². The van der Waals surface area contributed by atoms with Crippen molar-refractivity contribution in [3.63, 3.8) is 0 Å². The number of carbonyl (C=O) groups is 1. The van der Waals surface area contributed by atoms with Crippen LogP contribution in [0.5, 0.6) is 5.75 Å². The zero-order valence-electron chi connectivity index (χ0n) is 12.6. The Kier molecular flexibility index (Phi) is 3.27. The molecule has 1 aliphatic heterocycles. The molecule has 1 unspecified atom stereocenters. The van der Waals surface area contributed by atoms with Crippen LogP contribution in [0.15, 0.2) is 18.2 Å². The molecule has 0 aliphatic carbocycles. The lowest BCUT2D eigenvalue weighted by atomic mass is 10.1. The van der Waals surface area contributed by atoms with E-state index >= 15 is 0 Å². The molecule has 0 bridgehead atoms.